The normalized spacial score (nSPS) is 14.2. The molecule has 0 unspecified atom stereocenters. The predicted molar refractivity (Wildman–Crippen MR) is 69.8 cm³/mol. The monoisotopic (exact) mass is 242 g/mol. The van der Waals surface area contributed by atoms with Crippen LogP contribution in [0.4, 0.5) is 0 Å². The van der Waals surface area contributed by atoms with E-state index in [-0.39, 0.29) is 5.56 Å². The molecule has 0 fully saturated rings. The summed E-state index contributed by atoms with van der Waals surface area (Å²) in [5, 5.41) is 0. The maximum absolute atomic E-state index is 11.3. The van der Waals surface area contributed by atoms with Crippen LogP contribution in [0.15, 0.2) is 33.9 Å². The van der Waals surface area contributed by atoms with Gasteiger partial charge >= 0.3 is 5.69 Å². The Hall–Kier alpha value is -2.10. The van der Waals surface area contributed by atoms with E-state index in [2.05, 4.69) is 22.1 Å². The number of hydrogen-bond acceptors (Lipinski definition) is 2. The first-order valence-electron chi connectivity index (χ1n) is 6.18. The Kier molecular flexibility index (Phi) is 2.63. The molecule has 18 heavy (non-hydrogen) atoms. The SMILES string of the molecule is O=c1cc(-c2ccc3c(c2)CCCC3)[nH]c(=O)[nH]1. The summed E-state index contributed by atoms with van der Waals surface area (Å²) in [5.74, 6) is 0. The van der Waals surface area contributed by atoms with Gasteiger partial charge in [0.2, 0.25) is 0 Å². The average molecular weight is 242 g/mol. The topological polar surface area (TPSA) is 65.7 Å². The zero-order valence-corrected chi connectivity index (χ0v) is 9.95. The summed E-state index contributed by atoms with van der Waals surface area (Å²) in [6.45, 7) is 0. The summed E-state index contributed by atoms with van der Waals surface area (Å²) in [7, 11) is 0. The molecular weight excluding hydrogens is 228 g/mol. The highest BCUT2D eigenvalue weighted by Crippen LogP contribution is 2.25. The highest BCUT2D eigenvalue weighted by molar-refractivity contribution is 5.60. The van der Waals surface area contributed by atoms with Gasteiger partial charge in [-0.25, -0.2) is 4.79 Å². The summed E-state index contributed by atoms with van der Waals surface area (Å²) >= 11 is 0. The predicted octanol–water partition coefficient (Wildman–Crippen LogP) is 1.61. The standard InChI is InChI=1S/C14H14N2O2/c17-13-8-12(15-14(18)16-13)11-6-5-9-3-1-2-4-10(9)7-11/h5-8H,1-4H2,(H2,15,16,17,18). The Morgan fingerprint density at radius 1 is 0.889 bits per heavy atom. The summed E-state index contributed by atoms with van der Waals surface area (Å²) in [6, 6.07) is 7.57. The van der Waals surface area contributed by atoms with E-state index in [4.69, 9.17) is 0 Å². The molecule has 0 radical (unpaired) electrons. The second-order valence-corrected chi connectivity index (χ2v) is 4.69. The fourth-order valence-corrected chi connectivity index (χ4v) is 2.53. The Balaban J connectivity index is 2.11. The van der Waals surface area contributed by atoms with Gasteiger partial charge in [-0.2, -0.15) is 0 Å². The Bertz CT molecular complexity index is 669. The highest BCUT2D eigenvalue weighted by atomic mass is 16.2. The Morgan fingerprint density at radius 3 is 2.44 bits per heavy atom. The van der Waals surface area contributed by atoms with Crippen LogP contribution in [0.3, 0.4) is 0 Å². The van der Waals surface area contributed by atoms with Gasteiger partial charge in [-0.3, -0.25) is 9.78 Å². The first kappa shape index (κ1) is 11.0. The van der Waals surface area contributed by atoms with Crippen molar-refractivity contribution >= 4 is 0 Å². The summed E-state index contributed by atoms with van der Waals surface area (Å²) in [5.41, 5.74) is 3.37. The average Bonchev–Trinajstić information content (AvgIpc) is 2.37. The zero-order chi connectivity index (χ0) is 12.5. The Labute approximate surface area is 104 Å². The van der Waals surface area contributed by atoms with Crippen LogP contribution in [-0.2, 0) is 12.8 Å². The van der Waals surface area contributed by atoms with Crippen LogP contribution in [0.25, 0.3) is 11.3 Å². The van der Waals surface area contributed by atoms with Gasteiger partial charge in [-0.05, 0) is 48.4 Å². The number of aromatic amines is 2. The van der Waals surface area contributed by atoms with Gasteiger partial charge in [-0.15, -0.1) is 0 Å². The molecule has 4 heteroatoms. The van der Waals surface area contributed by atoms with E-state index in [1.165, 1.54) is 30.0 Å². The molecule has 2 N–H and O–H groups in total. The number of nitrogens with one attached hydrogen (secondary N) is 2. The van der Waals surface area contributed by atoms with Gasteiger partial charge < -0.3 is 4.98 Å². The van der Waals surface area contributed by atoms with E-state index in [0.29, 0.717) is 5.69 Å². The van der Waals surface area contributed by atoms with Gasteiger partial charge in [0.05, 0.1) is 5.69 Å². The van der Waals surface area contributed by atoms with Gasteiger partial charge in [0.1, 0.15) is 0 Å². The number of benzene rings is 1. The number of aryl methyl sites for hydroxylation is 2. The molecule has 0 amide bonds. The molecule has 0 spiro atoms. The summed E-state index contributed by atoms with van der Waals surface area (Å²) < 4.78 is 0. The first-order chi connectivity index (χ1) is 8.72. The maximum Gasteiger partial charge on any atom is 0.326 e. The van der Waals surface area contributed by atoms with Gasteiger partial charge in [0.15, 0.2) is 0 Å². The lowest BCUT2D eigenvalue weighted by Crippen LogP contribution is -2.21. The van der Waals surface area contributed by atoms with Crippen molar-refractivity contribution in [1.82, 2.24) is 9.97 Å². The smallest absolute Gasteiger partial charge is 0.307 e. The molecule has 92 valence electrons. The highest BCUT2D eigenvalue weighted by Gasteiger charge is 2.10. The van der Waals surface area contributed by atoms with Gasteiger partial charge in [0.25, 0.3) is 5.56 Å². The van der Waals surface area contributed by atoms with Gasteiger partial charge in [-0.1, -0.05) is 12.1 Å². The van der Waals surface area contributed by atoms with E-state index in [9.17, 15) is 9.59 Å². The van der Waals surface area contributed by atoms with Gasteiger partial charge in [0, 0.05) is 6.07 Å². The number of fused-ring (bicyclic) bond motifs is 1. The van der Waals surface area contributed by atoms with E-state index >= 15 is 0 Å². The van der Waals surface area contributed by atoms with Crippen molar-refractivity contribution in [1.29, 1.82) is 0 Å². The van der Waals surface area contributed by atoms with Crippen LogP contribution < -0.4 is 11.2 Å². The van der Waals surface area contributed by atoms with Crippen LogP contribution in [0.5, 0.6) is 0 Å². The van der Waals surface area contributed by atoms with Crippen molar-refractivity contribution in [2.45, 2.75) is 25.7 Å². The van der Waals surface area contributed by atoms with Crippen LogP contribution in [0.1, 0.15) is 24.0 Å². The lowest BCUT2D eigenvalue weighted by Gasteiger charge is -2.16. The quantitative estimate of drug-likeness (QED) is 0.797. The fourth-order valence-electron chi connectivity index (χ4n) is 2.53. The van der Waals surface area contributed by atoms with Crippen LogP contribution in [-0.4, -0.2) is 9.97 Å². The second-order valence-electron chi connectivity index (χ2n) is 4.69. The maximum atomic E-state index is 11.3. The number of H-pyrrole nitrogens is 2. The van der Waals surface area contributed by atoms with Crippen molar-refractivity contribution in [3.8, 4) is 11.3 Å². The molecule has 0 atom stereocenters. The number of hydrogen-bond donors (Lipinski definition) is 2. The van der Waals surface area contributed by atoms with Crippen molar-refractivity contribution in [3.63, 3.8) is 0 Å². The molecule has 1 aromatic heterocycles. The molecular formula is C14H14N2O2. The van der Waals surface area contributed by atoms with Crippen molar-refractivity contribution in [2.24, 2.45) is 0 Å². The lowest BCUT2D eigenvalue weighted by atomic mass is 9.90. The molecule has 1 aliphatic rings. The third-order valence-electron chi connectivity index (χ3n) is 3.42. The second kappa shape index (κ2) is 4.29. The molecule has 0 saturated heterocycles. The minimum absolute atomic E-state index is 0.369. The van der Waals surface area contributed by atoms with Crippen molar-refractivity contribution in [2.75, 3.05) is 0 Å². The van der Waals surface area contributed by atoms with Crippen molar-refractivity contribution in [3.05, 3.63) is 56.2 Å². The van der Waals surface area contributed by atoms with E-state index in [1.807, 2.05) is 6.07 Å². The zero-order valence-electron chi connectivity index (χ0n) is 9.95. The number of aromatic nitrogens is 2. The largest absolute Gasteiger partial charge is 0.326 e. The molecule has 3 rings (SSSR count). The third-order valence-corrected chi connectivity index (χ3v) is 3.42. The Morgan fingerprint density at radius 2 is 1.67 bits per heavy atom. The van der Waals surface area contributed by atoms with Crippen LogP contribution >= 0.6 is 0 Å². The molecule has 2 aromatic rings. The molecule has 0 saturated carbocycles. The molecule has 1 aliphatic carbocycles. The third kappa shape index (κ3) is 2.01. The van der Waals surface area contributed by atoms with E-state index in [1.54, 1.807) is 0 Å². The molecule has 0 aliphatic heterocycles. The lowest BCUT2D eigenvalue weighted by molar-refractivity contribution is 0.686. The summed E-state index contributed by atoms with van der Waals surface area (Å²) in [4.78, 5) is 27.4. The van der Waals surface area contributed by atoms with Crippen molar-refractivity contribution < 1.29 is 0 Å². The van der Waals surface area contributed by atoms with E-state index < -0.39 is 5.69 Å². The minimum Gasteiger partial charge on any atom is -0.307 e. The van der Waals surface area contributed by atoms with Crippen LogP contribution in [0.2, 0.25) is 0 Å². The molecule has 1 aromatic carbocycles. The van der Waals surface area contributed by atoms with Crippen LogP contribution in [0, 0.1) is 0 Å². The van der Waals surface area contributed by atoms with E-state index in [0.717, 1.165) is 18.4 Å². The summed E-state index contributed by atoms with van der Waals surface area (Å²) in [6.07, 6.45) is 4.66. The molecule has 1 heterocycles. The minimum atomic E-state index is -0.463. The number of rotatable bonds is 1. The molecule has 0 bridgehead atoms. The first-order valence-corrected chi connectivity index (χ1v) is 6.18. The fraction of sp³-hybridized carbons (Fsp3) is 0.286. The molecule has 4 nitrogen and oxygen atoms in total.